The van der Waals surface area contributed by atoms with Crippen molar-refractivity contribution in [1.82, 2.24) is 4.98 Å². The predicted octanol–water partition coefficient (Wildman–Crippen LogP) is 3.86. The van der Waals surface area contributed by atoms with Gasteiger partial charge < -0.3 is 0 Å². The van der Waals surface area contributed by atoms with Crippen LogP contribution in [0.25, 0.3) is 6.08 Å². The SMILES string of the molecule is O=C(/C=C/c1ccc2c(c1)CCCC2)c1ccncc1. The van der Waals surface area contributed by atoms with E-state index in [0.29, 0.717) is 5.56 Å². The van der Waals surface area contributed by atoms with Gasteiger partial charge in [-0.1, -0.05) is 24.3 Å². The number of hydrogen-bond acceptors (Lipinski definition) is 2. The Labute approximate surface area is 119 Å². The summed E-state index contributed by atoms with van der Waals surface area (Å²) in [5.41, 5.74) is 4.69. The number of allylic oxidation sites excluding steroid dienone is 1. The number of aryl methyl sites for hydroxylation is 2. The fraction of sp³-hybridized carbons (Fsp3) is 0.222. The zero-order chi connectivity index (χ0) is 13.8. The molecular weight excluding hydrogens is 246 g/mol. The Bertz CT molecular complexity index is 644. The van der Waals surface area contributed by atoms with Crippen LogP contribution in [0.4, 0.5) is 0 Å². The van der Waals surface area contributed by atoms with E-state index >= 15 is 0 Å². The molecule has 2 nitrogen and oxygen atoms in total. The summed E-state index contributed by atoms with van der Waals surface area (Å²) in [6, 6.07) is 9.98. The molecule has 0 spiro atoms. The smallest absolute Gasteiger partial charge is 0.185 e. The van der Waals surface area contributed by atoms with Gasteiger partial charge in [-0.25, -0.2) is 0 Å². The molecule has 1 heterocycles. The lowest BCUT2D eigenvalue weighted by molar-refractivity contribution is 0.104. The average Bonchev–Trinajstić information content (AvgIpc) is 2.53. The minimum absolute atomic E-state index is 0.0186. The van der Waals surface area contributed by atoms with E-state index in [2.05, 4.69) is 23.2 Å². The Kier molecular flexibility index (Phi) is 3.73. The third kappa shape index (κ3) is 2.85. The first-order chi connectivity index (χ1) is 9.83. The zero-order valence-corrected chi connectivity index (χ0v) is 11.4. The Morgan fingerprint density at radius 2 is 1.75 bits per heavy atom. The van der Waals surface area contributed by atoms with Crippen molar-refractivity contribution < 1.29 is 4.79 Å². The van der Waals surface area contributed by atoms with Gasteiger partial charge in [0.2, 0.25) is 0 Å². The maximum Gasteiger partial charge on any atom is 0.185 e. The molecule has 1 aromatic carbocycles. The van der Waals surface area contributed by atoms with E-state index in [4.69, 9.17) is 0 Å². The van der Waals surface area contributed by atoms with E-state index in [0.717, 1.165) is 12.0 Å². The number of aromatic nitrogens is 1. The molecule has 2 aromatic rings. The number of fused-ring (bicyclic) bond motifs is 1. The van der Waals surface area contributed by atoms with Gasteiger partial charge in [0.15, 0.2) is 5.78 Å². The summed E-state index contributed by atoms with van der Waals surface area (Å²) in [5, 5.41) is 0. The van der Waals surface area contributed by atoms with Gasteiger partial charge in [0.05, 0.1) is 0 Å². The molecule has 1 aliphatic rings. The van der Waals surface area contributed by atoms with Crippen molar-refractivity contribution in [1.29, 1.82) is 0 Å². The highest BCUT2D eigenvalue weighted by Crippen LogP contribution is 2.22. The molecule has 0 radical (unpaired) electrons. The van der Waals surface area contributed by atoms with E-state index in [9.17, 15) is 4.79 Å². The molecule has 1 aromatic heterocycles. The zero-order valence-electron chi connectivity index (χ0n) is 11.4. The molecule has 0 saturated heterocycles. The number of benzene rings is 1. The highest BCUT2D eigenvalue weighted by molar-refractivity contribution is 6.06. The standard InChI is InChI=1S/C18H17NO/c20-18(16-9-11-19-12-10-16)8-6-14-5-7-15-3-1-2-4-17(15)13-14/h5-13H,1-4H2/b8-6+. The monoisotopic (exact) mass is 263 g/mol. The largest absolute Gasteiger partial charge is 0.289 e. The second-order valence-electron chi connectivity index (χ2n) is 5.17. The van der Waals surface area contributed by atoms with Gasteiger partial charge in [-0.3, -0.25) is 9.78 Å². The Hall–Kier alpha value is -2.22. The number of hydrogen-bond donors (Lipinski definition) is 0. The van der Waals surface area contributed by atoms with Crippen LogP contribution in [0.1, 0.15) is 39.9 Å². The first-order valence-electron chi connectivity index (χ1n) is 7.07. The maximum atomic E-state index is 12.0. The van der Waals surface area contributed by atoms with Crippen LogP contribution in [-0.2, 0) is 12.8 Å². The van der Waals surface area contributed by atoms with Gasteiger partial charge in [0.1, 0.15) is 0 Å². The van der Waals surface area contributed by atoms with Gasteiger partial charge in [0.25, 0.3) is 0 Å². The molecule has 2 heteroatoms. The summed E-state index contributed by atoms with van der Waals surface area (Å²) < 4.78 is 0. The molecular formula is C18H17NO. The number of carbonyl (C=O) groups is 1. The number of carbonyl (C=O) groups excluding carboxylic acids is 1. The van der Waals surface area contributed by atoms with Gasteiger partial charge >= 0.3 is 0 Å². The van der Waals surface area contributed by atoms with Crippen molar-refractivity contribution in [2.75, 3.05) is 0 Å². The number of nitrogens with zero attached hydrogens (tertiary/aromatic N) is 1. The molecule has 0 N–H and O–H groups in total. The van der Waals surface area contributed by atoms with Crippen LogP contribution < -0.4 is 0 Å². The predicted molar refractivity (Wildman–Crippen MR) is 80.7 cm³/mol. The van der Waals surface area contributed by atoms with Crippen molar-refractivity contribution >= 4 is 11.9 Å². The first-order valence-corrected chi connectivity index (χ1v) is 7.07. The molecule has 3 rings (SSSR count). The lowest BCUT2D eigenvalue weighted by Gasteiger charge is -2.15. The van der Waals surface area contributed by atoms with Gasteiger partial charge in [-0.15, -0.1) is 0 Å². The summed E-state index contributed by atoms with van der Waals surface area (Å²) in [7, 11) is 0. The van der Waals surface area contributed by atoms with E-state index in [1.165, 1.54) is 30.4 Å². The highest BCUT2D eigenvalue weighted by Gasteiger charge is 2.08. The van der Waals surface area contributed by atoms with E-state index in [1.54, 1.807) is 30.6 Å². The topological polar surface area (TPSA) is 30.0 Å². The molecule has 0 amide bonds. The molecule has 0 saturated carbocycles. The maximum absolute atomic E-state index is 12.0. The first kappa shape index (κ1) is 12.8. The molecule has 0 fully saturated rings. The summed E-state index contributed by atoms with van der Waals surface area (Å²) in [4.78, 5) is 15.9. The minimum atomic E-state index is 0.0186. The lowest BCUT2D eigenvalue weighted by atomic mass is 9.90. The quantitative estimate of drug-likeness (QED) is 0.621. The number of pyridine rings is 1. The van der Waals surface area contributed by atoms with Crippen molar-refractivity contribution in [3.8, 4) is 0 Å². The molecule has 0 bridgehead atoms. The van der Waals surface area contributed by atoms with Crippen LogP contribution in [0.3, 0.4) is 0 Å². The Balaban J connectivity index is 1.77. The lowest BCUT2D eigenvalue weighted by Crippen LogP contribution is -2.02. The fourth-order valence-corrected chi connectivity index (χ4v) is 2.64. The molecule has 20 heavy (non-hydrogen) atoms. The minimum Gasteiger partial charge on any atom is -0.289 e. The average molecular weight is 263 g/mol. The van der Waals surface area contributed by atoms with Crippen LogP contribution in [0, 0.1) is 0 Å². The van der Waals surface area contributed by atoms with Gasteiger partial charge in [0, 0.05) is 18.0 Å². The summed E-state index contributed by atoms with van der Waals surface area (Å²) >= 11 is 0. The summed E-state index contributed by atoms with van der Waals surface area (Å²) in [6.45, 7) is 0. The molecule has 1 aliphatic carbocycles. The Morgan fingerprint density at radius 1 is 1.00 bits per heavy atom. The summed E-state index contributed by atoms with van der Waals surface area (Å²) in [6.07, 6.45) is 11.7. The second-order valence-corrected chi connectivity index (χ2v) is 5.17. The highest BCUT2D eigenvalue weighted by atomic mass is 16.1. The van der Waals surface area contributed by atoms with Crippen LogP contribution in [-0.4, -0.2) is 10.8 Å². The molecule has 0 unspecified atom stereocenters. The van der Waals surface area contributed by atoms with E-state index in [-0.39, 0.29) is 5.78 Å². The van der Waals surface area contributed by atoms with E-state index < -0.39 is 0 Å². The van der Waals surface area contributed by atoms with Crippen LogP contribution in [0.5, 0.6) is 0 Å². The van der Waals surface area contributed by atoms with Crippen LogP contribution >= 0.6 is 0 Å². The molecule has 0 atom stereocenters. The number of rotatable bonds is 3. The summed E-state index contributed by atoms with van der Waals surface area (Å²) in [5.74, 6) is 0.0186. The van der Waals surface area contributed by atoms with Gasteiger partial charge in [-0.2, -0.15) is 0 Å². The second kappa shape index (κ2) is 5.83. The molecule has 0 aliphatic heterocycles. The number of ketones is 1. The van der Waals surface area contributed by atoms with Crippen molar-refractivity contribution in [2.45, 2.75) is 25.7 Å². The normalized spacial score (nSPS) is 14.2. The van der Waals surface area contributed by atoms with Crippen molar-refractivity contribution in [2.24, 2.45) is 0 Å². The van der Waals surface area contributed by atoms with Crippen molar-refractivity contribution in [3.05, 3.63) is 71.1 Å². The van der Waals surface area contributed by atoms with Gasteiger partial charge in [-0.05, 0) is 60.6 Å². The molecule has 100 valence electrons. The van der Waals surface area contributed by atoms with Crippen molar-refractivity contribution in [3.63, 3.8) is 0 Å². The Morgan fingerprint density at radius 3 is 2.55 bits per heavy atom. The van der Waals surface area contributed by atoms with Crippen LogP contribution in [0.15, 0.2) is 48.8 Å². The third-order valence-electron chi connectivity index (χ3n) is 3.76. The third-order valence-corrected chi connectivity index (χ3v) is 3.76. The van der Waals surface area contributed by atoms with Crippen LogP contribution in [0.2, 0.25) is 0 Å². The van der Waals surface area contributed by atoms with E-state index in [1.807, 2.05) is 6.08 Å². The fourth-order valence-electron chi connectivity index (χ4n) is 2.64.